The first-order valence-electron chi connectivity index (χ1n) is 10.5. The predicted molar refractivity (Wildman–Crippen MR) is 128 cm³/mol. The third-order valence-electron chi connectivity index (χ3n) is 5.30. The van der Waals surface area contributed by atoms with Crippen LogP contribution in [0.3, 0.4) is 0 Å². The molecule has 0 fully saturated rings. The maximum atomic E-state index is 14.5. The summed E-state index contributed by atoms with van der Waals surface area (Å²) in [5.41, 5.74) is 0.803. The monoisotopic (exact) mass is 508 g/mol. The summed E-state index contributed by atoms with van der Waals surface area (Å²) in [6.07, 6.45) is 0. The summed E-state index contributed by atoms with van der Waals surface area (Å²) in [5, 5.41) is 4.06. The highest BCUT2D eigenvalue weighted by Crippen LogP contribution is 2.66. The molecule has 0 radical (unpaired) electrons. The van der Waals surface area contributed by atoms with E-state index < -0.39 is 30.7 Å². The van der Waals surface area contributed by atoms with Gasteiger partial charge in [-0.05, 0) is 43.7 Å². The van der Waals surface area contributed by atoms with E-state index in [1.165, 1.54) is 12.1 Å². The zero-order valence-corrected chi connectivity index (χ0v) is 20.9. The molecule has 0 bridgehead atoms. The third-order valence-corrected chi connectivity index (χ3v) is 8.25. The highest BCUT2D eigenvalue weighted by Gasteiger charge is 2.73. The summed E-state index contributed by atoms with van der Waals surface area (Å²) in [6.45, 7) is 3.08. The standard InChI is InChI=1S/C23H26ClN2O7P/c1-5-32-34(29,33-6-2)23(22(28)31-4)19(16-12-14-17(24)15-13-16)25-26(20(23)21(27)30-3)18-10-8-7-9-11-18/h7-15,20H,5-6H2,1-4H3/t20-,23+/m0/s1. The minimum atomic E-state index is -4.47. The van der Waals surface area contributed by atoms with Crippen LogP contribution in [0.2, 0.25) is 5.02 Å². The van der Waals surface area contributed by atoms with Gasteiger partial charge in [-0.15, -0.1) is 0 Å². The van der Waals surface area contributed by atoms with Crippen molar-refractivity contribution in [1.29, 1.82) is 0 Å². The van der Waals surface area contributed by atoms with Crippen LogP contribution >= 0.6 is 19.2 Å². The lowest BCUT2D eigenvalue weighted by Gasteiger charge is -2.38. The van der Waals surface area contributed by atoms with Crippen molar-refractivity contribution in [3.63, 3.8) is 0 Å². The number of benzene rings is 2. The number of hydrogen-bond acceptors (Lipinski definition) is 9. The number of anilines is 1. The van der Waals surface area contributed by atoms with E-state index in [1.807, 2.05) is 0 Å². The Hall–Kier alpha value is -2.71. The fourth-order valence-corrected chi connectivity index (χ4v) is 6.49. The SMILES string of the molecule is CCOP(=O)(OCC)[C@]1(C(=O)OC)C(c2ccc(Cl)cc2)=NN(c2ccccc2)[C@H]1C(=O)OC. The zero-order chi connectivity index (χ0) is 24.9. The van der Waals surface area contributed by atoms with Crippen molar-refractivity contribution >= 4 is 42.5 Å². The molecule has 2 atom stereocenters. The first-order chi connectivity index (χ1) is 16.3. The first-order valence-corrected chi connectivity index (χ1v) is 12.5. The van der Waals surface area contributed by atoms with Gasteiger partial charge in [0.05, 0.1) is 33.1 Å². The average molecular weight is 509 g/mol. The van der Waals surface area contributed by atoms with E-state index in [0.717, 1.165) is 7.11 Å². The number of esters is 2. The molecule has 0 unspecified atom stereocenters. The molecule has 182 valence electrons. The maximum absolute atomic E-state index is 14.5. The number of para-hydroxylation sites is 1. The van der Waals surface area contributed by atoms with Crippen molar-refractivity contribution in [3.05, 3.63) is 65.2 Å². The normalized spacial score (nSPS) is 20.1. The summed E-state index contributed by atoms with van der Waals surface area (Å²) >= 11 is 6.07. The Morgan fingerprint density at radius 1 is 1.00 bits per heavy atom. The molecule has 0 aromatic heterocycles. The van der Waals surface area contributed by atoms with E-state index in [4.69, 9.17) is 30.1 Å². The smallest absolute Gasteiger partial charge is 0.357 e. The number of carbonyl (C=O) groups is 2. The van der Waals surface area contributed by atoms with Crippen molar-refractivity contribution < 1.29 is 32.7 Å². The minimum Gasteiger partial charge on any atom is -0.468 e. The van der Waals surface area contributed by atoms with Crippen LogP contribution in [0.1, 0.15) is 19.4 Å². The highest BCUT2D eigenvalue weighted by molar-refractivity contribution is 7.58. The van der Waals surface area contributed by atoms with Crippen molar-refractivity contribution in [3.8, 4) is 0 Å². The minimum absolute atomic E-state index is 0.0273. The number of methoxy groups -OCH3 is 2. The third kappa shape index (κ3) is 4.25. The molecule has 3 rings (SSSR count). The molecular weight excluding hydrogens is 483 g/mol. The number of hydrogen-bond donors (Lipinski definition) is 0. The van der Waals surface area contributed by atoms with Gasteiger partial charge in [-0.25, -0.2) is 9.80 Å². The molecule has 1 heterocycles. The Morgan fingerprint density at radius 2 is 1.59 bits per heavy atom. The summed E-state index contributed by atoms with van der Waals surface area (Å²) in [6, 6.07) is 13.5. The number of halogens is 1. The fourth-order valence-electron chi connectivity index (χ4n) is 3.94. The number of ether oxygens (including phenoxy) is 2. The van der Waals surface area contributed by atoms with Crippen LogP contribution in [0.25, 0.3) is 0 Å². The summed E-state index contributed by atoms with van der Waals surface area (Å²) in [7, 11) is -2.17. The van der Waals surface area contributed by atoms with Crippen molar-refractivity contribution in [2.75, 3.05) is 32.4 Å². The van der Waals surface area contributed by atoms with Gasteiger partial charge in [0.1, 0.15) is 5.71 Å². The molecule has 0 N–H and O–H groups in total. The number of hydrazone groups is 1. The average Bonchev–Trinajstić information content (AvgIpc) is 3.22. The van der Waals surface area contributed by atoms with Crippen LogP contribution in [0, 0.1) is 0 Å². The lowest BCUT2D eigenvalue weighted by Crippen LogP contribution is -2.60. The summed E-state index contributed by atoms with van der Waals surface area (Å²) in [4.78, 5) is 27.0. The molecule has 0 aliphatic carbocycles. The Bertz CT molecular complexity index is 1100. The van der Waals surface area contributed by atoms with Crippen molar-refractivity contribution in [2.45, 2.75) is 25.0 Å². The summed E-state index contributed by atoms with van der Waals surface area (Å²) in [5.74, 6) is -1.89. The van der Waals surface area contributed by atoms with Crippen LogP contribution in [0.5, 0.6) is 0 Å². The topological polar surface area (TPSA) is 104 Å². The quantitative estimate of drug-likeness (QED) is 0.365. The van der Waals surface area contributed by atoms with E-state index >= 15 is 0 Å². The van der Waals surface area contributed by atoms with Gasteiger partial charge in [0.2, 0.25) is 5.16 Å². The first kappa shape index (κ1) is 25.9. The van der Waals surface area contributed by atoms with Gasteiger partial charge in [0.25, 0.3) is 0 Å². The second-order valence-corrected chi connectivity index (χ2v) is 9.81. The lowest BCUT2D eigenvalue weighted by molar-refractivity contribution is -0.150. The van der Waals surface area contributed by atoms with Crippen LogP contribution in [0.15, 0.2) is 59.7 Å². The van der Waals surface area contributed by atoms with E-state index in [1.54, 1.807) is 68.4 Å². The highest BCUT2D eigenvalue weighted by atomic mass is 35.5. The Kier molecular flexibility index (Phi) is 8.15. The van der Waals surface area contributed by atoms with E-state index in [2.05, 4.69) is 5.10 Å². The summed E-state index contributed by atoms with van der Waals surface area (Å²) < 4.78 is 36.0. The van der Waals surface area contributed by atoms with Crippen LogP contribution < -0.4 is 5.01 Å². The second kappa shape index (κ2) is 10.7. The van der Waals surface area contributed by atoms with E-state index in [9.17, 15) is 14.2 Å². The van der Waals surface area contributed by atoms with E-state index in [0.29, 0.717) is 16.3 Å². The molecule has 0 amide bonds. The molecule has 9 nitrogen and oxygen atoms in total. The lowest BCUT2D eigenvalue weighted by atomic mass is 9.89. The molecule has 2 aromatic rings. The number of nitrogens with zero attached hydrogens (tertiary/aromatic N) is 2. The van der Waals surface area contributed by atoms with Crippen molar-refractivity contribution in [2.24, 2.45) is 5.10 Å². The second-order valence-electron chi connectivity index (χ2n) is 7.15. The molecule has 34 heavy (non-hydrogen) atoms. The Morgan fingerprint density at radius 3 is 2.09 bits per heavy atom. The molecule has 11 heteroatoms. The molecular formula is C23H26ClN2O7P. The van der Waals surface area contributed by atoms with E-state index in [-0.39, 0.29) is 18.9 Å². The van der Waals surface area contributed by atoms with Crippen LogP contribution in [-0.4, -0.2) is 56.3 Å². The van der Waals surface area contributed by atoms with Gasteiger partial charge in [0.15, 0.2) is 6.04 Å². The molecule has 0 spiro atoms. The van der Waals surface area contributed by atoms with Gasteiger partial charge < -0.3 is 18.5 Å². The number of rotatable bonds is 9. The molecule has 2 aromatic carbocycles. The molecule has 0 saturated heterocycles. The molecule has 0 saturated carbocycles. The van der Waals surface area contributed by atoms with Crippen LogP contribution in [-0.2, 0) is 32.7 Å². The number of carbonyl (C=O) groups excluding carboxylic acids is 2. The Labute approximate surface area is 203 Å². The van der Waals surface area contributed by atoms with Gasteiger partial charge in [-0.3, -0.25) is 9.36 Å². The predicted octanol–water partition coefficient (Wildman–Crippen LogP) is 4.28. The zero-order valence-electron chi connectivity index (χ0n) is 19.3. The fraction of sp³-hybridized carbons (Fsp3) is 0.348. The molecule has 1 aliphatic heterocycles. The maximum Gasteiger partial charge on any atom is 0.357 e. The van der Waals surface area contributed by atoms with Gasteiger partial charge in [0, 0.05) is 5.02 Å². The molecule has 1 aliphatic rings. The van der Waals surface area contributed by atoms with Gasteiger partial charge in [-0.2, -0.15) is 5.10 Å². The van der Waals surface area contributed by atoms with Crippen molar-refractivity contribution in [1.82, 2.24) is 0 Å². The van der Waals surface area contributed by atoms with Gasteiger partial charge in [-0.1, -0.05) is 41.9 Å². The Balaban J connectivity index is 2.46. The largest absolute Gasteiger partial charge is 0.468 e. The van der Waals surface area contributed by atoms with Gasteiger partial charge >= 0.3 is 19.5 Å². The van der Waals surface area contributed by atoms with Crippen LogP contribution in [0.4, 0.5) is 5.69 Å².